The summed E-state index contributed by atoms with van der Waals surface area (Å²) in [6.45, 7) is 4.50. The number of nitrogens with zero attached hydrogens (tertiary/aromatic N) is 2. The molecule has 0 aliphatic carbocycles. The molecule has 0 radical (unpaired) electrons. The number of hydrogen-bond acceptors (Lipinski definition) is 2. The smallest absolute Gasteiger partial charge is 0.0672 e. The van der Waals surface area contributed by atoms with E-state index in [1.165, 1.54) is 44.8 Å². The zero-order chi connectivity index (χ0) is 22.4. The van der Waals surface area contributed by atoms with E-state index in [2.05, 4.69) is 111 Å². The Morgan fingerprint density at radius 3 is 1.45 bits per heavy atom. The maximum atomic E-state index is 4.95. The van der Waals surface area contributed by atoms with Gasteiger partial charge in [-0.05, 0) is 64.1 Å². The second kappa shape index (κ2) is 7.97. The van der Waals surface area contributed by atoms with Gasteiger partial charge in [-0.25, -0.2) is 0 Å². The lowest BCUT2D eigenvalue weighted by molar-refractivity contribution is 1.05. The molecule has 0 spiro atoms. The SMILES string of the molecule is CC1C(c2cccc(Cc3cccc(C4=Nc5ccccc5C4C)c3)c2)=Nc2ccccc21. The lowest BCUT2D eigenvalue weighted by atomic mass is 9.91. The van der Waals surface area contributed by atoms with Crippen molar-refractivity contribution in [1.29, 1.82) is 0 Å². The fourth-order valence-corrected chi connectivity index (χ4v) is 5.20. The van der Waals surface area contributed by atoms with Crippen molar-refractivity contribution in [3.8, 4) is 0 Å². The van der Waals surface area contributed by atoms with Gasteiger partial charge in [-0.3, -0.25) is 9.98 Å². The number of para-hydroxylation sites is 2. The van der Waals surface area contributed by atoms with E-state index in [1.54, 1.807) is 0 Å². The number of rotatable bonds is 4. The minimum absolute atomic E-state index is 0.322. The van der Waals surface area contributed by atoms with Crippen molar-refractivity contribution in [2.75, 3.05) is 0 Å². The molecule has 33 heavy (non-hydrogen) atoms. The van der Waals surface area contributed by atoms with Gasteiger partial charge in [0.15, 0.2) is 0 Å². The molecular formula is C31H26N2. The summed E-state index contributed by atoms with van der Waals surface area (Å²) < 4.78 is 0. The van der Waals surface area contributed by atoms with E-state index in [9.17, 15) is 0 Å². The van der Waals surface area contributed by atoms with Gasteiger partial charge in [0.25, 0.3) is 0 Å². The predicted molar refractivity (Wildman–Crippen MR) is 138 cm³/mol. The van der Waals surface area contributed by atoms with Gasteiger partial charge < -0.3 is 0 Å². The second-order valence-electron chi connectivity index (χ2n) is 9.13. The van der Waals surface area contributed by atoms with Gasteiger partial charge in [0, 0.05) is 11.8 Å². The molecular weight excluding hydrogens is 400 g/mol. The van der Waals surface area contributed by atoms with E-state index >= 15 is 0 Å². The maximum Gasteiger partial charge on any atom is 0.0672 e. The van der Waals surface area contributed by atoms with E-state index in [1.807, 2.05) is 0 Å². The first-order valence-electron chi connectivity index (χ1n) is 11.7. The topological polar surface area (TPSA) is 24.7 Å². The van der Waals surface area contributed by atoms with Crippen LogP contribution in [0.1, 0.15) is 59.1 Å². The molecule has 0 bridgehead atoms. The van der Waals surface area contributed by atoms with E-state index < -0.39 is 0 Å². The predicted octanol–water partition coefficient (Wildman–Crippen LogP) is 7.75. The van der Waals surface area contributed by atoms with Crippen molar-refractivity contribution in [3.63, 3.8) is 0 Å². The largest absolute Gasteiger partial charge is 0.252 e. The van der Waals surface area contributed by atoms with Gasteiger partial charge in [0.2, 0.25) is 0 Å². The summed E-state index contributed by atoms with van der Waals surface area (Å²) in [6.07, 6.45) is 0.894. The van der Waals surface area contributed by atoms with Crippen LogP contribution in [0.2, 0.25) is 0 Å². The molecule has 0 aromatic heterocycles. The highest BCUT2D eigenvalue weighted by Gasteiger charge is 2.25. The fourth-order valence-electron chi connectivity index (χ4n) is 5.20. The Labute approximate surface area is 195 Å². The molecule has 4 aromatic rings. The second-order valence-corrected chi connectivity index (χ2v) is 9.13. The summed E-state index contributed by atoms with van der Waals surface area (Å²) in [5.41, 5.74) is 12.2. The molecule has 160 valence electrons. The Kier molecular flexibility index (Phi) is 4.80. The summed E-state index contributed by atoms with van der Waals surface area (Å²) in [6, 6.07) is 34.7. The van der Waals surface area contributed by atoms with Crippen LogP contribution in [0.15, 0.2) is 107 Å². The minimum atomic E-state index is 0.322. The third-order valence-electron chi connectivity index (χ3n) is 6.96. The van der Waals surface area contributed by atoms with Crippen molar-refractivity contribution >= 4 is 22.8 Å². The monoisotopic (exact) mass is 426 g/mol. The lowest BCUT2D eigenvalue weighted by Gasteiger charge is -2.12. The molecule has 2 heteroatoms. The molecule has 0 N–H and O–H groups in total. The molecule has 2 atom stereocenters. The van der Waals surface area contributed by atoms with Crippen LogP contribution in [0.25, 0.3) is 0 Å². The normalized spacial score (nSPS) is 18.5. The number of benzene rings is 4. The number of aliphatic imine (C=N–C) groups is 2. The Bertz CT molecular complexity index is 1320. The van der Waals surface area contributed by atoms with Crippen LogP contribution in [0.3, 0.4) is 0 Å². The summed E-state index contributed by atoms with van der Waals surface area (Å²) in [5.74, 6) is 0.645. The molecule has 0 amide bonds. The van der Waals surface area contributed by atoms with Crippen molar-refractivity contribution in [1.82, 2.24) is 0 Å². The molecule has 2 aliphatic heterocycles. The molecule has 4 aromatic carbocycles. The van der Waals surface area contributed by atoms with Crippen LogP contribution in [0, 0.1) is 0 Å². The van der Waals surface area contributed by atoms with Crippen molar-refractivity contribution in [2.45, 2.75) is 32.1 Å². The van der Waals surface area contributed by atoms with Gasteiger partial charge in [0.05, 0.1) is 22.8 Å². The highest BCUT2D eigenvalue weighted by Crippen LogP contribution is 2.38. The first-order valence-corrected chi connectivity index (χ1v) is 11.7. The van der Waals surface area contributed by atoms with Crippen LogP contribution in [0.5, 0.6) is 0 Å². The van der Waals surface area contributed by atoms with Gasteiger partial charge >= 0.3 is 0 Å². The van der Waals surface area contributed by atoms with Gasteiger partial charge in [-0.2, -0.15) is 0 Å². The lowest BCUT2D eigenvalue weighted by Crippen LogP contribution is -2.07. The molecule has 6 rings (SSSR count). The molecule has 0 saturated heterocycles. The van der Waals surface area contributed by atoms with Gasteiger partial charge in [0.1, 0.15) is 0 Å². The Morgan fingerprint density at radius 2 is 1.00 bits per heavy atom. The summed E-state index contributed by atoms with van der Waals surface area (Å²) in [7, 11) is 0. The van der Waals surface area contributed by atoms with Crippen molar-refractivity contribution in [2.24, 2.45) is 9.98 Å². The Morgan fingerprint density at radius 1 is 0.545 bits per heavy atom. The highest BCUT2D eigenvalue weighted by atomic mass is 14.8. The summed E-state index contributed by atoms with van der Waals surface area (Å²) in [4.78, 5) is 9.89. The summed E-state index contributed by atoms with van der Waals surface area (Å²) in [5, 5.41) is 0. The summed E-state index contributed by atoms with van der Waals surface area (Å²) >= 11 is 0. The fraction of sp³-hybridized carbons (Fsp3) is 0.161. The van der Waals surface area contributed by atoms with Crippen LogP contribution < -0.4 is 0 Å². The quantitative estimate of drug-likeness (QED) is 0.319. The molecule has 2 nitrogen and oxygen atoms in total. The highest BCUT2D eigenvalue weighted by molar-refractivity contribution is 6.10. The van der Waals surface area contributed by atoms with Gasteiger partial charge in [-0.15, -0.1) is 0 Å². The van der Waals surface area contributed by atoms with E-state index in [0.717, 1.165) is 17.8 Å². The third kappa shape index (κ3) is 3.52. The number of fused-ring (bicyclic) bond motifs is 2. The minimum Gasteiger partial charge on any atom is -0.252 e. The molecule has 2 heterocycles. The Hall–Kier alpha value is -3.78. The maximum absolute atomic E-state index is 4.95. The van der Waals surface area contributed by atoms with Crippen molar-refractivity contribution < 1.29 is 0 Å². The van der Waals surface area contributed by atoms with Crippen LogP contribution in [-0.2, 0) is 6.42 Å². The zero-order valence-corrected chi connectivity index (χ0v) is 19.0. The van der Waals surface area contributed by atoms with Crippen molar-refractivity contribution in [3.05, 3.63) is 130 Å². The van der Waals surface area contributed by atoms with Crippen LogP contribution in [0.4, 0.5) is 11.4 Å². The van der Waals surface area contributed by atoms with Crippen LogP contribution in [-0.4, -0.2) is 11.4 Å². The third-order valence-corrected chi connectivity index (χ3v) is 6.96. The number of hydrogen-bond donors (Lipinski definition) is 0. The van der Waals surface area contributed by atoms with E-state index in [-0.39, 0.29) is 0 Å². The first kappa shape index (κ1) is 19.9. The zero-order valence-electron chi connectivity index (χ0n) is 19.0. The molecule has 0 saturated carbocycles. The average molecular weight is 427 g/mol. The van der Waals surface area contributed by atoms with E-state index in [0.29, 0.717) is 11.8 Å². The standard InChI is InChI=1S/C31H26N2/c1-20-26-13-3-5-15-28(26)32-30(20)24-11-7-9-22(18-24)17-23-10-8-12-25(19-23)31-21(2)27-14-4-6-16-29(27)33-31/h3-16,18-21H,17H2,1-2H3. The molecule has 0 fully saturated rings. The van der Waals surface area contributed by atoms with E-state index in [4.69, 9.17) is 9.98 Å². The van der Waals surface area contributed by atoms with Crippen LogP contribution >= 0.6 is 0 Å². The molecule has 2 aliphatic rings. The van der Waals surface area contributed by atoms with Gasteiger partial charge in [-0.1, -0.05) is 86.6 Å². The Balaban J connectivity index is 1.27. The molecule has 2 unspecified atom stereocenters. The average Bonchev–Trinajstić information content (AvgIpc) is 3.37. The first-order chi connectivity index (χ1) is 16.2.